The van der Waals surface area contributed by atoms with Crippen molar-refractivity contribution in [1.82, 2.24) is 0 Å². The molecule has 0 spiro atoms. The Morgan fingerprint density at radius 2 is 1.34 bits per heavy atom. The lowest BCUT2D eigenvalue weighted by molar-refractivity contribution is -0.123. The Labute approximate surface area is 196 Å². The van der Waals surface area contributed by atoms with Crippen LogP contribution in [0.25, 0.3) is 0 Å². The third kappa shape index (κ3) is 6.20. The molecular formula is C29H42O2Si. The van der Waals surface area contributed by atoms with E-state index in [1.165, 1.54) is 29.6 Å². The largest absolute Gasteiger partial charge is 0.407 e. The molecule has 0 aromatic heterocycles. The van der Waals surface area contributed by atoms with Crippen molar-refractivity contribution in [3.05, 3.63) is 60.7 Å². The first-order valence-electron chi connectivity index (χ1n) is 12.7. The number of carbonyl (C=O) groups is 1. The van der Waals surface area contributed by atoms with Gasteiger partial charge in [0.15, 0.2) is 0 Å². The van der Waals surface area contributed by atoms with Gasteiger partial charge in [-0.1, -0.05) is 114 Å². The number of carbonyl (C=O) groups excluding carboxylic acids is 1. The van der Waals surface area contributed by atoms with E-state index in [-0.39, 0.29) is 5.04 Å². The molecule has 174 valence electrons. The Hall–Kier alpha value is -1.71. The van der Waals surface area contributed by atoms with Gasteiger partial charge >= 0.3 is 0 Å². The minimum atomic E-state index is -2.41. The molecule has 0 bridgehead atoms. The normalized spacial score (nSPS) is 15.6. The van der Waals surface area contributed by atoms with E-state index in [1.54, 1.807) is 0 Å². The second-order valence-electron chi connectivity index (χ2n) is 10.5. The van der Waals surface area contributed by atoms with E-state index in [0.717, 1.165) is 51.6 Å². The summed E-state index contributed by atoms with van der Waals surface area (Å²) in [6, 6.07) is 21.7. The Kier molecular flexibility index (Phi) is 9.30. The maximum absolute atomic E-state index is 12.4. The van der Waals surface area contributed by atoms with Gasteiger partial charge in [0.1, 0.15) is 5.78 Å². The van der Waals surface area contributed by atoms with Gasteiger partial charge in [-0.3, -0.25) is 4.79 Å². The molecule has 32 heavy (non-hydrogen) atoms. The van der Waals surface area contributed by atoms with Crippen molar-refractivity contribution >= 4 is 24.5 Å². The van der Waals surface area contributed by atoms with E-state index < -0.39 is 8.32 Å². The molecule has 2 aromatic rings. The zero-order chi connectivity index (χ0) is 22.9. The minimum absolute atomic E-state index is 0.0299. The van der Waals surface area contributed by atoms with Gasteiger partial charge in [-0.15, -0.1) is 0 Å². The van der Waals surface area contributed by atoms with Crippen molar-refractivity contribution in [2.75, 3.05) is 6.61 Å². The predicted octanol–water partition coefficient (Wildman–Crippen LogP) is 6.66. The summed E-state index contributed by atoms with van der Waals surface area (Å²) in [4.78, 5) is 12.4. The SMILES string of the molecule is CC(C)(C)[Si](OCCCCCCC(=O)C1CCCCC1)(c1ccccc1)c1ccccc1. The second kappa shape index (κ2) is 11.9. The van der Waals surface area contributed by atoms with Gasteiger partial charge in [0.2, 0.25) is 0 Å². The van der Waals surface area contributed by atoms with E-state index in [0.29, 0.717) is 11.7 Å². The maximum atomic E-state index is 12.4. The first kappa shape index (κ1) is 24.9. The van der Waals surface area contributed by atoms with Crippen LogP contribution in [0.1, 0.15) is 85.0 Å². The summed E-state index contributed by atoms with van der Waals surface area (Å²) in [6.45, 7) is 7.77. The van der Waals surface area contributed by atoms with Gasteiger partial charge in [-0.05, 0) is 41.1 Å². The number of rotatable bonds is 11. The van der Waals surface area contributed by atoms with Crippen molar-refractivity contribution < 1.29 is 9.22 Å². The summed E-state index contributed by atoms with van der Waals surface area (Å²) < 4.78 is 6.96. The Balaban J connectivity index is 1.56. The lowest BCUT2D eigenvalue weighted by atomic mass is 9.84. The second-order valence-corrected chi connectivity index (χ2v) is 14.8. The Morgan fingerprint density at radius 3 is 1.88 bits per heavy atom. The highest BCUT2D eigenvalue weighted by Gasteiger charge is 2.49. The highest BCUT2D eigenvalue weighted by Crippen LogP contribution is 2.36. The van der Waals surface area contributed by atoms with Crippen LogP contribution in [-0.2, 0) is 9.22 Å². The molecule has 3 rings (SSSR count). The van der Waals surface area contributed by atoms with E-state index in [9.17, 15) is 4.79 Å². The predicted molar refractivity (Wildman–Crippen MR) is 138 cm³/mol. The van der Waals surface area contributed by atoms with Crippen LogP contribution in [0.15, 0.2) is 60.7 Å². The van der Waals surface area contributed by atoms with E-state index >= 15 is 0 Å². The van der Waals surface area contributed by atoms with Crippen molar-refractivity contribution in [1.29, 1.82) is 0 Å². The molecule has 1 fully saturated rings. The first-order chi connectivity index (χ1) is 15.4. The third-order valence-corrected chi connectivity index (χ3v) is 12.2. The maximum Gasteiger partial charge on any atom is 0.261 e. The number of unbranched alkanes of at least 4 members (excludes halogenated alkanes) is 3. The molecule has 2 nitrogen and oxygen atoms in total. The Morgan fingerprint density at radius 1 is 0.812 bits per heavy atom. The average Bonchev–Trinajstić information content (AvgIpc) is 2.81. The highest BCUT2D eigenvalue weighted by atomic mass is 28.4. The number of Topliss-reactive ketones (excluding diaryl/α,β-unsaturated/α-hetero) is 1. The highest BCUT2D eigenvalue weighted by molar-refractivity contribution is 6.99. The standard InChI is InChI=1S/C29H42O2Si/c1-29(2,3)32(26-19-11-7-12-20-26,27-21-13-8-14-22-27)31-24-16-5-4-15-23-28(30)25-17-9-6-10-18-25/h7-8,11-14,19-22,25H,4-6,9-10,15-18,23-24H2,1-3H3. The van der Waals surface area contributed by atoms with Crippen LogP contribution < -0.4 is 10.4 Å². The van der Waals surface area contributed by atoms with Crippen LogP contribution in [0.3, 0.4) is 0 Å². The van der Waals surface area contributed by atoms with Crippen LogP contribution in [0, 0.1) is 5.92 Å². The lowest BCUT2D eigenvalue weighted by Gasteiger charge is -2.43. The monoisotopic (exact) mass is 450 g/mol. The van der Waals surface area contributed by atoms with Crippen molar-refractivity contribution in [2.45, 2.75) is 90.0 Å². The molecule has 0 heterocycles. The smallest absolute Gasteiger partial charge is 0.261 e. The zero-order valence-electron chi connectivity index (χ0n) is 20.4. The van der Waals surface area contributed by atoms with Gasteiger partial charge in [0.05, 0.1) is 0 Å². The van der Waals surface area contributed by atoms with E-state index in [2.05, 4.69) is 81.4 Å². The van der Waals surface area contributed by atoms with Gasteiger partial charge in [-0.25, -0.2) is 0 Å². The average molecular weight is 451 g/mol. The summed E-state index contributed by atoms with van der Waals surface area (Å²) in [7, 11) is -2.41. The molecule has 1 aliphatic carbocycles. The lowest BCUT2D eigenvalue weighted by Crippen LogP contribution is -2.66. The molecule has 1 aliphatic rings. The number of hydrogen-bond acceptors (Lipinski definition) is 2. The molecule has 0 saturated heterocycles. The molecule has 0 atom stereocenters. The van der Waals surface area contributed by atoms with E-state index in [1.807, 2.05) is 0 Å². The van der Waals surface area contributed by atoms with Crippen molar-refractivity contribution in [3.63, 3.8) is 0 Å². The first-order valence-corrected chi connectivity index (χ1v) is 14.6. The third-order valence-electron chi connectivity index (χ3n) is 7.11. The minimum Gasteiger partial charge on any atom is -0.407 e. The molecule has 0 aliphatic heterocycles. The quantitative estimate of drug-likeness (QED) is 0.282. The molecule has 0 unspecified atom stereocenters. The zero-order valence-corrected chi connectivity index (χ0v) is 21.4. The fourth-order valence-electron chi connectivity index (χ4n) is 5.37. The van der Waals surface area contributed by atoms with Crippen LogP contribution in [0.4, 0.5) is 0 Å². The summed E-state index contributed by atoms with van der Waals surface area (Å²) >= 11 is 0. The topological polar surface area (TPSA) is 26.3 Å². The Bertz CT molecular complexity index is 765. The van der Waals surface area contributed by atoms with Crippen LogP contribution in [-0.4, -0.2) is 20.7 Å². The van der Waals surface area contributed by atoms with Crippen molar-refractivity contribution in [2.24, 2.45) is 5.92 Å². The fourth-order valence-corrected chi connectivity index (χ4v) is 9.98. The molecule has 1 saturated carbocycles. The fraction of sp³-hybridized carbons (Fsp3) is 0.552. The number of benzene rings is 2. The van der Waals surface area contributed by atoms with E-state index in [4.69, 9.17) is 4.43 Å². The summed E-state index contributed by atoms with van der Waals surface area (Å²) in [5.74, 6) is 0.885. The van der Waals surface area contributed by atoms with Gasteiger partial charge in [0, 0.05) is 18.9 Å². The van der Waals surface area contributed by atoms with Crippen LogP contribution >= 0.6 is 0 Å². The molecule has 2 aromatic carbocycles. The summed E-state index contributed by atoms with van der Waals surface area (Å²) in [5, 5.41) is 2.72. The van der Waals surface area contributed by atoms with Crippen LogP contribution in [0.5, 0.6) is 0 Å². The molecule has 0 amide bonds. The van der Waals surface area contributed by atoms with Gasteiger partial charge in [-0.2, -0.15) is 0 Å². The molecule has 0 radical (unpaired) electrons. The van der Waals surface area contributed by atoms with Gasteiger partial charge in [0.25, 0.3) is 8.32 Å². The summed E-state index contributed by atoms with van der Waals surface area (Å²) in [5.41, 5.74) is 0. The number of ketones is 1. The summed E-state index contributed by atoms with van der Waals surface area (Å²) in [6.07, 6.45) is 11.2. The number of hydrogen-bond donors (Lipinski definition) is 0. The molecule has 0 N–H and O–H groups in total. The van der Waals surface area contributed by atoms with Gasteiger partial charge < -0.3 is 4.43 Å². The van der Waals surface area contributed by atoms with Crippen molar-refractivity contribution in [3.8, 4) is 0 Å². The van der Waals surface area contributed by atoms with Crippen LogP contribution in [0.2, 0.25) is 5.04 Å². The molecular weight excluding hydrogens is 408 g/mol. The molecule has 3 heteroatoms.